The van der Waals surface area contributed by atoms with Crippen molar-refractivity contribution in [3.05, 3.63) is 42.2 Å². The van der Waals surface area contributed by atoms with E-state index in [1.54, 1.807) is 29.5 Å². The molecule has 2 aromatic rings. The molecule has 0 bridgehead atoms. The van der Waals surface area contributed by atoms with E-state index < -0.39 is 6.10 Å². The molecule has 0 amide bonds. The zero-order valence-corrected chi connectivity index (χ0v) is 8.41. The number of aliphatic hydroxyl groups is 1. The third kappa shape index (κ3) is 2.38. The third-order valence-electron chi connectivity index (χ3n) is 2.11. The van der Waals surface area contributed by atoms with Crippen molar-refractivity contribution in [2.24, 2.45) is 7.05 Å². The summed E-state index contributed by atoms with van der Waals surface area (Å²) in [5, 5.41) is 13.9. The van der Waals surface area contributed by atoms with Crippen molar-refractivity contribution in [1.82, 2.24) is 19.7 Å². The molecule has 5 heteroatoms. The Hall–Kier alpha value is -1.75. The minimum atomic E-state index is -0.622. The van der Waals surface area contributed by atoms with Gasteiger partial charge >= 0.3 is 0 Å². The van der Waals surface area contributed by atoms with Gasteiger partial charge in [0.05, 0.1) is 18.1 Å². The molecular formula is C10H12N4O. The highest BCUT2D eigenvalue weighted by Gasteiger charge is 2.10. The van der Waals surface area contributed by atoms with Gasteiger partial charge in [-0.25, -0.2) is 0 Å². The van der Waals surface area contributed by atoms with Gasteiger partial charge in [0.15, 0.2) is 0 Å². The molecule has 0 saturated heterocycles. The SMILES string of the molecule is Cn1cc(CC(O)c2cnccn2)cn1. The lowest BCUT2D eigenvalue weighted by molar-refractivity contribution is 0.173. The fourth-order valence-electron chi connectivity index (χ4n) is 1.39. The largest absolute Gasteiger partial charge is 0.386 e. The van der Waals surface area contributed by atoms with Crippen LogP contribution in [0.5, 0.6) is 0 Å². The highest BCUT2D eigenvalue weighted by Crippen LogP contribution is 2.14. The van der Waals surface area contributed by atoms with Gasteiger partial charge in [-0.2, -0.15) is 5.10 Å². The fraction of sp³-hybridized carbons (Fsp3) is 0.300. The summed E-state index contributed by atoms with van der Waals surface area (Å²) in [5.41, 5.74) is 1.57. The van der Waals surface area contributed by atoms with Crippen LogP contribution >= 0.6 is 0 Å². The van der Waals surface area contributed by atoms with Crippen molar-refractivity contribution in [2.45, 2.75) is 12.5 Å². The van der Waals surface area contributed by atoms with Gasteiger partial charge < -0.3 is 5.11 Å². The smallest absolute Gasteiger partial charge is 0.102 e. The quantitative estimate of drug-likeness (QED) is 0.790. The van der Waals surface area contributed by atoms with E-state index in [0.29, 0.717) is 12.1 Å². The van der Waals surface area contributed by atoms with Crippen molar-refractivity contribution in [3.63, 3.8) is 0 Å². The summed E-state index contributed by atoms with van der Waals surface area (Å²) in [7, 11) is 1.85. The van der Waals surface area contributed by atoms with Crippen LogP contribution < -0.4 is 0 Å². The lowest BCUT2D eigenvalue weighted by Gasteiger charge is -2.06. The molecule has 0 aromatic carbocycles. The molecule has 0 saturated carbocycles. The van der Waals surface area contributed by atoms with Gasteiger partial charge in [0.25, 0.3) is 0 Å². The monoisotopic (exact) mass is 204 g/mol. The van der Waals surface area contributed by atoms with Crippen LogP contribution in [0, 0.1) is 0 Å². The van der Waals surface area contributed by atoms with Gasteiger partial charge in [-0.1, -0.05) is 0 Å². The summed E-state index contributed by atoms with van der Waals surface area (Å²) >= 11 is 0. The fourth-order valence-corrected chi connectivity index (χ4v) is 1.39. The molecule has 2 rings (SSSR count). The first-order chi connectivity index (χ1) is 7.25. The maximum atomic E-state index is 9.84. The molecule has 0 radical (unpaired) electrons. The summed E-state index contributed by atoms with van der Waals surface area (Å²) in [4.78, 5) is 7.95. The van der Waals surface area contributed by atoms with Crippen molar-refractivity contribution in [2.75, 3.05) is 0 Å². The van der Waals surface area contributed by atoms with E-state index in [0.717, 1.165) is 5.56 Å². The predicted molar refractivity (Wildman–Crippen MR) is 53.9 cm³/mol. The molecule has 1 N–H and O–H groups in total. The highest BCUT2D eigenvalue weighted by molar-refractivity contribution is 5.09. The van der Waals surface area contributed by atoms with Crippen molar-refractivity contribution in [3.8, 4) is 0 Å². The predicted octanol–water partition coefficient (Wildman–Crippen LogP) is 0.486. The van der Waals surface area contributed by atoms with Crippen molar-refractivity contribution < 1.29 is 5.11 Å². The number of aliphatic hydroxyl groups excluding tert-OH is 1. The van der Waals surface area contributed by atoms with Crippen LogP contribution in [0.4, 0.5) is 0 Å². The molecule has 0 aliphatic heterocycles. The van der Waals surface area contributed by atoms with Gasteiger partial charge in [-0.15, -0.1) is 0 Å². The van der Waals surface area contributed by atoms with E-state index in [-0.39, 0.29) is 0 Å². The van der Waals surface area contributed by atoms with E-state index in [2.05, 4.69) is 15.1 Å². The summed E-state index contributed by atoms with van der Waals surface area (Å²) in [6.45, 7) is 0. The Balaban J connectivity index is 2.07. The Labute approximate surface area is 87.4 Å². The van der Waals surface area contributed by atoms with E-state index in [1.807, 2.05) is 13.2 Å². The zero-order chi connectivity index (χ0) is 10.7. The number of hydrogen-bond donors (Lipinski definition) is 1. The zero-order valence-electron chi connectivity index (χ0n) is 8.41. The first-order valence-electron chi connectivity index (χ1n) is 4.67. The Kier molecular flexibility index (Phi) is 2.73. The number of hydrogen-bond acceptors (Lipinski definition) is 4. The molecule has 5 nitrogen and oxygen atoms in total. The number of rotatable bonds is 3. The van der Waals surface area contributed by atoms with E-state index in [9.17, 15) is 5.11 Å². The van der Waals surface area contributed by atoms with Gasteiger partial charge in [0.1, 0.15) is 6.10 Å². The third-order valence-corrected chi connectivity index (χ3v) is 2.11. The normalized spacial score (nSPS) is 12.7. The van der Waals surface area contributed by atoms with Crippen LogP contribution in [-0.4, -0.2) is 24.9 Å². The number of aromatic nitrogens is 4. The van der Waals surface area contributed by atoms with Crippen LogP contribution in [0.15, 0.2) is 31.0 Å². The summed E-state index contributed by atoms with van der Waals surface area (Å²) in [6.07, 6.45) is 8.22. The molecule has 0 spiro atoms. The maximum Gasteiger partial charge on any atom is 0.102 e. The molecule has 2 aromatic heterocycles. The van der Waals surface area contributed by atoms with E-state index in [1.165, 1.54) is 0 Å². The molecular weight excluding hydrogens is 192 g/mol. The van der Waals surface area contributed by atoms with Crippen molar-refractivity contribution in [1.29, 1.82) is 0 Å². The lowest BCUT2D eigenvalue weighted by Crippen LogP contribution is -2.03. The minimum Gasteiger partial charge on any atom is -0.386 e. The van der Waals surface area contributed by atoms with Crippen LogP contribution in [0.3, 0.4) is 0 Å². The first kappa shape index (κ1) is 9.79. The standard InChI is InChI=1S/C10H12N4O/c1-14-7-8(5-13-14)4-10(15)9-6-11-2-3-12-9/h2-3,5-7,10,15H,4H2,1H3. The lowest BCUT2D eigenvalue weighted by atomic mass is 10.1. The second-order valence-electron chi connectivity index (χ2n) is 3.37. The Morgan fingerprint density at radius 3 is 2.87 bits per heavy atom. The maximum absolute atomic E-state index is 9.84. The topological polar surface area (TPSA) is 63.8 Å². The molecule has 15 heavy (non-hydrogen) atoms. The molecule has 0 aliphatic rings. The Morgan fingerprint density at radius 2 is 2.27 bits per heavy atom. The molecule has 1 unspecified atom stereocenters. The van der Waals surface area contributed by atoms with Crippen LogP contribution in [0.1, 0.15) is 17.4 Å². The van der Waals surface area contributed by atoms with Gasteiger partial charge in [0, 0.05) is 32.1 Å². The van der Waals surface area contributed by atoms with Crippen LogP contribution in [-0.2, 0) is 13.5 Å². The van der Waals surface area contributed by atoms with Gasteiger partial charge in [0.2, 0.25) is 0 Å². The molecule has 2 heterocycles. The molecule has 1 atom stereocenters. The van der Waals surface area contributed by atoms with E-state index >= 15 is 0 Å². The van der Waals surface area contributed by atoms with Gasteiger partial charge in [-0.3, -0.25) is 14.6 Å². The van der Waals surface area contributed by atoms with Gasteiger partial charge in [-0.05, 0) is 5.56 Å². The minimum absolute atomic E-state index is 0.506. The Morgan fingerprint density at radius 1 is 1.40 bits per heavy atom. The molecule has 78 valence electrons. The number of nitrogens with zero attached hydrogens (tertiary/aromatic N) is 4. The molecule has 0 fully saturated rings. The van der Waals surface area contributed by atoms with E-state index in [4.69, 9.17) is 0 Å². The van der Waals surface area contributed by atoms with Crippen molar-refractivity contribution >= 4 is 0 Å². The highest BCUT2D eigenvalue weighted by atomic mass is 16.3. The average molecular weight is 204 g/mol. The second kappa shape index (κ2) is 4.18. The first-order valence-corrected chi connectivity index (χ1v) is 4.67. The average Bonchev–Trinajstić information content (AvgIpc) is 2.65. The molecule has 0 aliphatic carbocycles. The van der Waals surface area contributed by atoms with Crippen LogP contribution in [0.25, 0.3) is 0 Å². The summed E-state index contributed by atoms with van der Waals surface area (Å²) < 4.78 is 1.71. The second-order valence-corrected chi connectivity index (χ2v) is 3.37. The Bertz CT molecular complexity index is 426. The summed E-state index contributed by atoms with van der Waals surface area (Å²) in [5.74, 6) is 0. The summed E-state index contributed by atoms with van der Waals surface area (Å²) in [6, 6.07) is 0. The van der Waals surface area contributed by atoms with Crippen LogP contribution in [0.2, 0.25) is 0 Å². The number of aryl methyl sites for hydroxylation is 1.